The van der Waals surface area contributed by atoms with Crippen molar-refractivity contribution in [2.24, 2.45) is 0 Å². The largest absolute Gasteiger partial charge is 0.492 e. The summed E-state index contributed by atoms with van der Waals surface area (Å²) < 4.78 is 5.33. The van der Waals surface area contributed by atoms with E-state index >= 15 is 0 Å². The minimum atomic E-state index is 0.492. The molecule has 1 aromatic rings. The van der Waals surface area contributed by atoms with Crippen LogP contribution in [0.1, 0.15) is 18.1 Å². The van der Waals surface area contributed by atoms with E-state index in [1.54, 1.807) is 12.1 Å². The van der Waals surface area contributed by atoms with Crippen molar-refractivity contribution in [2.45, 2.75) is 13.8 Å². The monoisotopic (exact) mass is 195 g/mol. The Labute approximate surface area is 82.7 Å². The first kappa shape index (κ1) is 9.88. The van der Waals surface area contributed by atoms with E-state index in [2.05, 4.69) is 6.07 Å². The molecular weight excluding hydrogens is 186 g/mol. The van der Waals surface area contributed by atoms with Crippen molar-refractivity contribution >= 4 is 11.6 Å². The first-order valence-corrected chi connectivity index (χ1v) is 4.40. The normalized spacial score (nSPS) is 9.38. The minimum Gasteiger partial charge on any atom is -0.492 e. The van der Waals surface area contributed by atoms with Crippen molar-refractivity contribution < 1.29 is 4.74 Å². The molecule has 0 aliphatic carbocycles. The van der Waals surface area contributed by atoms with Crippen LogP contribution in [-0.2, 0) is 0 Å². The van der Waals surface area contributed by atoms with Crippen LogP contribution in [0.15, 0.2) is 12.1 Å². The fourth-order valence-corrected chi connectivity index (χ4v) is 1.42. The lowest BCUT2D eigenvalue weighted by molar-refractivity contribution is 0.337. The summed E-state index contributed by atoms with van der Waals surface area (Å²) in [4.78, 5) is 0. The van der Waals surface area contributed by atoms with Gasteiger partial charge >= 0.3 is 0 Å². The summed E-state index contributed by atoms with van der Waals surface area (Å²) in [5, 5.41) is 9.37. The summed E-state index contributed by atoms with van der Waals surface area (Å²) in [6.07, 6.45) is 0. The molecule has 0 aliphatic rings. The number of aryl methyl sites for hydroxylation is 1. The molecule has 0 aliphatic heterocycles. The third-order valence-corrected chi connectivity index (χ3v) is 1.87. The summed E-state index contributed by atoms with van der Waals surface area (Å²) in [7, 11) is 0. The van der Waals surface area contributed by atoms with Gasteiger partial charge in [-0.15, -0.1) is 0 Å². The van der Waals surface area contributed by atoms with E-state index in [0.29, 0.717) is 22.9 Å². The van der Waals surface area contributed by atoms with Crippen molar-refractivity contribution in [1.82, 2.24) is 0 Å². The van der Waals surface area contributed by atoms with Crippen LogP contribution in [-0.4, -0.2) is 6.61 Å². The van der Waals surface area contributed by atoms with Crippen molar-refractivity contribution in [3.8, 4) is 11.8 Å². The molecule has 0 radical (unpaired) electrons. The van der Waals surface area contributed by atoms with Crippen molar-refractivity contribution in [3.63, 3.8) is 0 Å². The van der Waals surface area contributed by atoms with Crippen LogP contribution in [0.25, 0.3) is 0 Å². The molecule has 1 rings (SSSR count). The second kappa shape index (κ2) is 4.15. The fourth-order valence-electron chi connectivity index (χ4n) is 1.15. The average Bonchev–Trinajstić information content (AvgIpc) is 2.09. The maximum atomic E-state index is 8.81. The molecule has 0 heterocycles. The summed E-state index contributed by atoms with van der Waals surface area (Å²) in [5.41, 5.74) is 1.39. The number of rotatable bonds is 2. The van der Waals surface area contributed by atoms with Crippen LogP contribution in [0.3, 0.4) is 0 Å². The Morgan fingerprint density at radius 1 is 1.54 bits per heavy atom. The number of ether oxygens (including phenoxy) is 1. The van der Waals surface area contributed by atoms with E-state index < -0.39 is 0 Å². The molecule has 0 bridgehead atoms. The zero-order chi connectivity index (χ0) is 9.84. The SMILES string of the molecule is CCOc1c(C)cc(Cl)cc1C#N. The van der Waals surface area contributed by atoms with Crippen LogP contribution in [0.2, 0.25) is 5.02 Å². The number of nitriles is 1. The van der Waals surface area contributed by atoms with E-state index in [9.17, 15) is 0 Å². The highest BCUT2D eigenvalue weighted by atomic mass is 35.5. The topological polar surface area (TPSA) is 33.0 Å². The van der Waals surface area contributed by atoms with Gasteiger partial charge in [-0.05, 0) is 31.5 Å². The number of hydrogen-bond acceptors (Lipinski definition) is 2. The van der Waals surface area contributed by atoms with Gasteiger partial charge in [0.15, 0.2) is 0 Å². The van der Waals surface area contributed by atoms with Gasteiger partial charge in [0.25, 0.3) is 0 Å². The molecule has 0 saturated heterocycles. The Bertz CT molecular complexity index is 355. The molecule has 0 unspecified atom stereocenters. The minimum absolute atomic E-state index is 0.492. The molecular formula is C10H10ClNO. The van der Waals surface area contributed by atoms with E-state index in [0.717, 1.165) is 5.56 Å². The molecule has 0 aromatic heterocycles. The maximum absolute atomic E-state index is 8.81. The van der Waals surface area contributed by atoms with Gasteiger partial charge in [-0.2, -0.15) is 5.26 Å². The van der Waals surface area contributed by atoms with Gasteiger partial charge in [-0.3, -0.25) is 0 Å². The molecule has 0 amide bonds. The Kier molecular flexibility index (Phi) is 3.16. The van der Waals surface area contributed by atoms with Crippen molar-refractivity contribution in [1.29, 1.82) is 5.26 Å². The fraction of sp³-hybridized carbons (Fsp3) is 0.300. The number of halogens is 1. The summed E-state index contributed by atoms with van der Waals surface area (Å²) in [6, 6.07) is 5.45. The molecule has 0 atom stereocenters. The molecule has 1 aromatic carbocycles. The third kappa shape index (κ3) is 2.13. The van der Waals surface area contributed by atoms with Crippen LogP contribution in [0.5, 0.6) is 5.75 Å². The predicted molar refractivity (Wildman–Crippen MR) is 52.1 cm³/mol. The number of hydrogen-bond donors (Lipinski definition) is 0. The van der Waals surface area contributed by atoms with Crippen molar-refractivity contribution in [3.05, 3.63) is 28.3 Å². The second-order valence-electron chi connectivity index (χ2n) is 2.64. The lowest BCUT2D eigenvalue weighted by Gasteiger charge is -2.08. The van der Waals surface area contributed by atoms with Crippen LogP contribution >= 0.6 is 11.6 Å². The number of nitrogens with zero attached hydrogens (tertiary/aromatic N) is 1. The van der Waals surface area contributed by atoms with Crippen LogP contribution < -0.4 is 4.74 Å². The van der Waals surface area contributed by atoms with E-state index in [-0.39, 0.29) is 0 Å². The molecule has 0 fully saturated rings. The number of benzene rings is 1. The zero-order valence-corrected chi connectivity index (χ0v) is 8.35. The summed E-state index contributed by atoms with van der Waals surface area (Å²) >= 11 is 5.79. The lowest BCUT2D eigenvalue weighted by atomic mass is 10.1. The highest BCUT2D eigenvalue weighted by Crippen LogP contribution is 2.26. The smallest absolute Gasteiger partial charge is 0.140 e. The first-order valence-electron chi connectivity index (χ1n) is 4.02. The first-order chi connectivity index (χ1) is 6.19. The molecule has 68 valence electrons. The van der Waals surface area contributed by atoms with Gasteiger partial charge in [-0.25, -0.2) is 0 Å². The van der Waals surface area contributed by atoms with Crippen LogP contribution in [0, 0.1) is 18.3 Å². The quantitative estimate of drug-likeness (QED) is 0.727. The Balaban J connectivity index is 3.23. The third-order valence-electron chi connectivity index (χ3n) is 1.65. The van der Waals surface area contributed by atoms with E-state index in [1.807, 2.05) is 13.8 Å². The van der Waals surface area contributed by atoms with Gasteiger partial charge in [0.05, 0.1) is 12.2 Å². The van der Waals surface area contributed by atoms with E-state index in [1.165, 1.54) is 0 Å². The Morgan fingerprint density at radius 3 is 2.77 bits per heavy atom. The summed E-state index contributed by atoms with van der Waals surface area (Å²) in [6.45, 7) is 4.31. The van der Waals surface area contributed by atoms with Gasteiger partial charge in [0.1, 0.15) is 11.8 Å². The Hall–Kier alpha value is -1.20. The van der Waals surface area contributed by atoms with Gasteiger partial charge < -0.3 is 4.74 Å². The predicted octanol–water partition coefficient (Wildman–Crippen LogP) is 2.92. The molecule has 13 heavy (non-hydrogen) atoms. The zero-order valence-electron chi connectivity index (χ0n) is 7.60. The maximum Gasteiger partial charge on any atom is 0.140 e. The highest BCUT2D eigenvalue weighted by Gasteiger charge is 2.07. The van der Waals surface area contributed by atoms with Crippen LogP contribution in [0.4, 0.5) is 0 Å². The standard InChI is InChI=1S/C10H10ClNO/c1-3-13-10-7(2)4-9(11)5-8(10)6-12/h4-5H,3H2,1-2H3. The Morgan fingerprint density at radius 2 is 2.23 bits per heavy atom. The summed E-state index contributed by atoms with van der Waals surface area (Å²) in [5.74, 6) is 0.634. The molecule has 0 spiro atoms. The average molecular weight is 196 g/mol. The lowest BCUT2D eigenvalue weighted by Crippen LogP contribution is -1.96. The molecule has 3 heteroatoms. The van der Waals surface area contributed by atoms with Gasteiger partial charge in [0, 0.05) is 5.02 Å². The van der Waals surface area contributed by atoms with Gasteiger partial charge in [-0.1, -0.05) is 11.6 Å². The van der Waals surface area contributed by atoms with Gasteiger partial charge in [0.2, 0.25) is 0 Å². The highest BCUT2D eigenvalue weighted by molar-refractivity contribution is 6.30. The second-order valence-corrected chi connectivity index (χ2v) is 3.08. The van der Waals surface area contributed by atoms with E-state index in [4.69, 9.17) is 21.6 Å². The van der Waals surface area contributed by atoms with Crippen molar-refractivity contribution in [2.75, 3.05) is 6.61 Å². The molecule has 0 saturated carbocycles. The molecule has 2 nitrogen and oxygen atoms in total. The molecule has 0 N–H and O–H groups in total.